The maximum Gasteiger partial charge on any atom is 0.265 e. The van der Waals surface area contributed by atoms with Gasteiger partial charge in [0.2, 0.25) is 0 Å². The predicted molar refractivity (Wildman–Crippen MR) is 114 cm³/mol. The SMILES string of the molecule is CCCCc1ccc(N2C(=O)c3cccc4c(N(C)C)ccc(c34)C2=O)cc1. The van der Waals surface area contributed by atoms with Crippen LogP contribution >= 0.6 is 0 Å². The molecule has 3 aromatic carbocycles. The Labute approximate surface area is 165 Å². The molecule has 1 heterocycles. The molecule has 3 aromatic rings. The van der Waals surface area contributed by atoms with Crippen LogP contribution in [-0.4, -0.2) is 25.9 Å². The van der Waals surface area contributed by atoms with E-state index in [1.807, 2.05) is 73.6 Å². The van der Waals surface area contributed by atoms with E-state index in [4.69, 9.17) is 0 Å². The summed E-state index contributed by atoms with van der Waals surface area (Å²) in [7, 11) is 3.92. The molecular formula is C24H24N2O2. The highest BCUT2D eigenvalue weighted by Gasteiger charge is 2.34. The van der Waals surface area contributed by atoms with Gasteiger partial charge in [0.05, 0.1) is 5.69 Å². The average Bonchev–Trinajstić information content (AvgIpc) is 2.71. The van der Waals surface area contributed by atoms with Crippen LogP contribution in [0.1, 0.15) is 46.0 Å². The lowest BCUT2D eigenvalue weighted by Gasteiger charge is -2.28. The maximum absolute atomic E-state index is 13.2. The van der Waals surface area contributed by atoms with Gasteiger partial charge in [0.25, 0.3) is 11.8 Å². The number of carbonyl (C=O) groups excluding carboxylic acids is 2. The highest BCUT2D eigenvalue weighted by atomic mass is 16.2. The third-order valence-corrected chi connectivity index (χ3v) is 5.38. The second kappa shape index (κ2) is 7.12. The van der Waals surface area contributed by atoms with Gasteiger partial charge in [0, 0.05) is 41.7 Å². The zero-order valence-corrected chi connectivity index (χ0v) is 16.5. The zero-order chi connectivity index (χ0) is 19.8. The summed E-state index contributed by atoms with van der Waals surface area (Å²) in [4.78, 5) is 29.8. The molecule has 1 aliphatic rings. The molecule has 0 saturated carbocycles. The van der Waals surface area contributed by atoms with Crippen LogP contribution in [0.25, 0.3) is 10.8 Å². The first-order chi connectivity index (χ1) is 13.5. The first kappa shape index (κ1) is 18.2. The van der Waals surface area contributed by atoms with Crippen molar-refractivity contribution in [2.45, 2.75) is 26.2 Å². The summed E-state index contributed by atoms with van der Waals surface area (Å²) >= 11 is 0. The summed E-state index contributed by atoms with van der Waals surface area (Å²) in [6, 6.07) is 17.2. The Kier molecular flexibility index (Phi) is 4.63. The lowest BCUT2D eigenvalue weighted by atomic mass is 9.92. The van der Waals surface area contributed by atoms with E-state index in [1.165, 1.54) is 10.5 Å². The van der Waals surface area contributed by atoms with Crippen molar-refractivity contribution >= 4 is 34.0 Å². The highest BCUT2D eigenvalue weighted by molar-refractivity contribution is 6.36. The number of aryl methyl sites for hydroxylation is 1. The van der Waals surface area contributed by atoms with E-state index in [2.05, 4.69) is 6.92 Å². The molecule has 4 nitrogen and oxygen atoms in total. The van der Waals surface area contributed by atoms with Crippen LogP contribution in [0.5, 0.6) is 0 Å². The van der Waals surface area contributed by atoms with Gasteiger partial charge in [0.15, 0.2) is 0 Å². The number of hydrogen-bond acceptors (Lipinski definition) is 3. The van der Waals surface area contributed by atoms with E-state index in [0.29, 0.717) is 16.8 Å². The Morgan fingerprint density at radius 2 is 1.54 bits per heavy atom. The number of benzene rings is 3. The fourth-order valence-corrected chi connectivity index (χ4v) is 3.90. The summed E-state index contributed by atoms with van der Waals surface area (Å²) in [6.45, 7) is 2.17. The van der Waals surface area contributed by atoms with Gasteiger partial charge in [-0.1, -0.05) is 37.6 Å². The first-order valence-corrected chi connectivity index (χ1v) is 9.73. The molecule has 4 heteroatoms. The van der Waals surface area contributed by atoms with E-state index in [-0.39, 0.29) is 11.8 Å². The molecular weight excluding hydrogens is 348 g/mol. The van der Waals surface area contributed by atoms with Gasteiger partial charge in [0.1, 0.15) is 0 Å². The number of anilines is 2. The molecule has 0 unspecified atom stereocenters. The third kappa shape index (κ3) is 2.85. The molecule has 0 aromatic heterocycles. The van der Waals surface area contributed by atoms with Gasteiger partial charge in [-0.25, -0.2) is 4.90 Å². The molecule has 28 heavy (non-hydrogen) atoms. The molecule has 0 saturated heterocycles. The summed E-state index contributed by atoms with van der Waals surface area (Å²) in [5.74, 6) is -0.527. The maximum atomic E-state index is 13.2. The third-order valence-electron chi connectivity index (χ3n) is 5.38. The Morgan fingerprint density at radius 3 is 2.18 bits per heavy atom. The van der Waals surface area contributed by atoms with Crippen molar-refractivity contribution in [2.75, 3.05) is 23.9 Å². The second-order valence-corrected chi connectivity index (χ2v) is 7.47. The topological polar surface area (TPSA) is 40.6 Å². The molecule has 0 N–H and O–H groups in total. The number of carbonyl (C=O) groups is 2. The van der Waals surface area contributed by atoms with Crippen molar-refractivity contribution < 1.29 is 9.59 Å². The Balaban J connectivity index is 1.80. The van der Waals surface area contributed by atoms with Gasteiger partial charge in [-0.15, -0.1) is 0 Å². The van der Waals surface area contributed by atoms with Crippen LogP contribution in [0.15, 0.2) is 54.6 Å². The number of imide groups is 1. The van der Waals surface area contributed by atoms with Crippen LogP contribution in [0, 0.1) is 0 Å². The summed E-state index contributed by atoms with van der Waals surface area (Å²) < 4.78 is 0. The van der Waals surface area contributed by atoms with Gasteiger partial charge >= 0.3 is 0 Å². The van der Waals surface area contributed by atoms with Gasteiger partial charge in [-0.3, -0.25) is 9.59 Å². The van der Waals surface area contributed by atoms with Crippen molar-refractivity contribution in [2.24, 2.45) is 0 Å². The fourth-order valence-electron chi connectivity index (χ4n) is 3.90. The standard InChI is InChI=1S/C24H24N2O2/c1-4-5-7-16-10-12-17(13-11-16)26-23(27)19-9-6-8-18-21(25(2)3)15-14-20(22(18)19)24(26)28/h6,8-15H,4-5,7H2,1-3H3. The Hall–Kier alpha value is -3.14. The van der Waals surface area contributed by atoms with E-state index < -0.39 is 0 Å². The first-order valence-electron chi connectivity index (χ1n) is 9.73. The van der Waals surface area contributed by atoms with Gasteiger partial charge in [-0.05, 0) is 48.7 Å². The summed E-state index contributed by atoms with van der Waals surface area (Å²) in [5, 5.41) is 1.68. The van der Waals surface area contributed by atoms with Crippen LogP contribution < -0.4 is 9.80 Å². The molecule has 0 bridgehead atoms. The minimum atomic E-state index is -0.264. The van der Waals surface area contributed by atoms with Crippen LogP contribution in [0.2, 0.25) is 0 Å². The summed E-state index contributed by atoms with van der Waals surface area (Å²) in [6.07, 6.45) is 3.28. The molecule has 0 spiro atoms. The van der Waals surface area contributed by atoms with E-state index in [1.54, 1.807) is 0 Å². The van der Waals surface area contributed by atoms with Crippen LogP contribution in [-0.2, 0) is 6.42 Å². The number of nitrogens with zero attached hydrogens (tertiary/aromatic N) is 2. The molecule has 2 amide bonds. The Bertz CT molecular complexity index is 1050. The monoisotopic (exact) mass is 372 g/mol. The average molecular weight is 372 g/mol. The second-order valence-electron chi connectivity index (χ2n) is 7.47. The summed E-state index contributed by atoms with van der Waals surface area (Å²) in [5.41, 5.74) is 3.99. The molecule has 142 valence electrons. The van der Waals surface area contributed by atoms with Crippen molar-refractivity contribution in [1.82, 2.24) is 0 Å². The molecule has 0 aliphatic carbocycles. The van der Waals surface area contributed by atoms with E-state index >= 15 is 0 Å². The normalized spacial score (nSPS) is 13.3. The molecule has 4 rings (SSSR count). The minimum Gasteiger partial charge on any atom is -0.377 e. The highest BCUT2D eigenvalue weighted by Crippen LogP contribution is 2.36. The van der Waals surface area contributed by atoms with Gasteiger partial charge in [-0.2, -0.15) is 0 Å². The smallest absolute Gasteiger partial charge is 0.265 e. The van der Waals surface area contributed by atoms with Gasteiger partial charge < -0.3 is 4.90 Å². The van der Waals surface area contributed by atoms with E-state index in [9.17, 15) is 9.59 Å². The molecule has 0 radical (unpaired) electrons. The van der Waals surface area contributed by atoms with E-state index in [0.717, 1.165) is 35.7 Å². The number of rotatable bonds is 5. The largest absolute Gasteiger partial charge is 0.377 e. The van der Waals surface area contributed by atoms with Crippen LogP contribution in [0.4, 0.5) is 11.4 Å². The van der Waals surface area contributed by atoms with Crippen molar-refractivity contribution in [3.63, 3.8) is 0 Å². The molecule has 0 atom stereocenters. The van der Waals surface area contributed by atoms with Crippen molar-refractivity contribution in [3.8, 4) is 0 Å². The molecule has 1 aliphatic heterocycles. The number of hydrogen-bond donors (Lipinski definition) is 0. The Morgan fingerprint density at radius 1 is 0.857 bits per heavy atom. The zero-order valence-electron chi connectivity index (χ0n) is 16.5. The lowest BCUT2D eigenvalue weighted by Crippen LogP contribution is -2.40. The lowest BCUT2D eigenvalue weighted by molar-refractivity contribution is 0.0893. The fraction of sp³-hybridized carbons (Fsp3) is 0.250. The number of unbranched alkanes of at least 4 members (excludes halogenated alkanes) is 1. The number of amides is 2. The quantitative estimate of drug-likeness (QED) is 0.589. The van der Waals surface area contributed by atoms with Crippen molar-refractivity contribution in [1.29, 1.82) is 0 Å². The molecule has 0 fully saturated rings. The predicted octanol–water partition coefficient (Wildman–Crippen LogP) is 5.05. The van der Waals surface area contributed by atoms with Crippen molar-refractivity contribution in [3.05, 3.63) is 71.3 Å². The minimum absolute atomic E-state index is 0.264. The van der Waals surface area contributed by atoms with Crippen LogP contribution in [0.3, 0.4) is 0 Å².